The Kier molecular flexibility index (Phi) is 4.51. The van der Waals surface area contributed by atoms with Gasteiger partial charge in [0.25, 0.3) is 10.1 Å². The van der Waals surface area contributed by atoms with Gasteiger partial charge in [0.15, 0.2) is 11.5 Å². The van der Waals surface area contributed by atoms with Crippen LogP contribution in [0.5, 0.6) is 11.5 Å². The molecular formula is C19H22O5S. The molecule has 0 aromatic heterocycles. The summed E-state index contributed by atoms with van der Waals surface area (Å²) in [7, 11) is -3.78. The highest BCUT2D eigenvalue weighted by atomic mass is 32.2. The molecule has 0 saturated carbocycles. The molecule has 0 N–H and O–H groups in total. The van der Waals surface area contributed by atoms with Crippen molar-refractivity contribution in [2.24, 2.45) is 0 Å². The van der Waals surface area contributed by atoms with Crippen LogP contribution in [0.2, 0.25) is 0 Å². The lowest BCUT2D eigenvalue weighted by Crippen LogP contribution is -2.29. The van der Waals surface area contributed by atoms with Crippen molar-refractivity contribution in [1.82, 2.24) is 0 Å². The molecule has 0 bridgehead atoms. The molecule has 0 saturated heterocycles. The summed E-state index contributed by atoms with van der Waals surface area (Å²) < 4.78 is 41.4. The molecule has 5 nitrogen and oxygen atoms in total. The van der Waals surface area contributed by atoms with Crippen LogP contribution in [0.4, 0.5) is 0 Å². The maximum Gasteiger partial charge on any atom is 0.297 e. The molecule has 2 aromatic rings. The van der Waals surface area contributed by atoms with Gasteiger partial charge < -0.3 is 9.47 Å². The Bertz CT molecular complexity index is 869. The van der Waals surface area contributed by atoms with Crippen LogP contribution in [-0.4, -0.2) is 20.3 Å². The zero-order chi connectivity index (χ0) is 18.2. The van der Waals surface area contributed by atoms with Crippen molar-refractivity contribution in [3.8, 4) is 11.5 Å². The molecule has 1 heterocycles. The average Bonchev–Trinajstić information content (AvgIpc) is 2.80. The summed E-state index contributed by atoms with van der Waals surface area (Å²) in [4.78, 5) is 0.164. The van der Waals surface area contributed by atoms with E-state index < -0.39 is 22.0 Å². The second-order valence-corrected chi connectivity index (χ2v) is 8.34. The number of fused-ring (bicyclic) bond motifs is 1. The van der Waals surface area contributed by atoms with Crippen molar-refractivity contribution < 1.29 is 22.1 Å². The fourth-order valence-electron chi connectivity index (χ4n) is 2.74. The smallest absolute Gasteiger partial charge is 0.297 e. The first-order valence-electron chi connectivity index (χ1n) is 8.15. The van der Waals surface area contributed by atoms with Gasteiger partial charge in [0.1, 0.15) is 0 Å². The van der Waals surface area contributed by atoms with Crippen LogP contribution in [0.25, 0.3) is 0 Å². The number of hydrogen-bond donors (Lipinski definition) is 0. The molecule has 6 heteroatoms. The SMILES string of the molecule is Cc1ccc(S(=O)(=O)O[C@H](C)Cc2ccc3c(c2)OC(C)(C)O3)cc1. The summed E-state index contributed by atoms with van der Waals surface area (Å²) in [6, 6.07) is 12.2. The molecule has 25 heavy (non-hydrogen) atoms. The maximum absolute atomic E-state index is 12.3. The van der Waals surface area contributed by atoms with Crippen LogP contribution in [-0.2, 0) is 20.7 Å². The van der Waals surface area contributed by atoms with Gasteiger partial charge in [-0.3, -0.25) is 4.18 Å². The Morgan fingerprint density at radius 3 is 2.36 bits per heavy atom. The minimum absolute atomic E-state index is 0.164. The largest absolute Gasteiger partial charge is 0.449 e. The summed E-state index contributed by atoms with van der Waals surface area (Å²) >= 11 is 0. The van der Waals surface area contributed by atoms with Gasteiger partial charge in [0, 0.05) is 13.8 Å². The molecule has 1 atom stereocenters. The van der Waals surface area contributed by atoms with Crippen LogP contribution in [0.3, 0.4) is 0 Å². The van der Waals surface area contributed by atoms with Crippen LogP contribution >= 0.6 is 0 Å². The molecule has 3 rings (SSSR count). The van der Waals surface area contributed by atoms with Crippen molar-refractivity contribution >= 4 is 10.1 Å². The van der Waals surface area contributed by atoms with Gasteiger partial charge in [-0.25, -0.2) is 0 Å². The third-order valence-electron chi connectivity index (χ3n) is 3.84. The summed E-state index contributed by atoms with van der Waals surface area (Å²) in [5.41, 5.74) is 1.92. The van der Waals surface area contributed by atoms with Crippen molar-refractivity contribution in [1.29, 1.82) is 0 Å². The Hall–Kier alpha value is -2.05. The molecule has 1 aliphatic rings. The Morgan fingerprint density at radius 2 is 1.68 bits per heavy atom. The predicted octanol–water partition coefficient (Wildman–Crippen LogP) is 3.84. The Labute approximate surface area is 148 Å². The zero-order valence-corrected chi connectivity index (χ0v) is 15.6. The van der Waals surface area contributed by atoms with E-state index in [0.29, 0.717) is 17.9 Å². The average molecular weight is 362 g/mol. The second kappa shape index (κ2) is 6.35. The van der Waals surface area contributed by atoms with E-state index in [2.05, 4.69) is 0 Å². The van der Waals surface area contributed by atoms with E-state index in [9.17, 15) is 8.42 Å². The van der Waals surface area contributed by atoms with Crippen molar-refractivity contribution in [3.63, 3.8) is 0 Å². The summed E-state index contributed by atoms with van der Waals surface area (Å²) in [5.74, 6) is 0.670. The highest BCUT2D eigenvalue weighted by Gasteiger charge is 2.31. The molecule has 0 aliphatic carbocycles. The number of hydrogen-bond acceptors (Lipinski definition) is 5. The molecule has 134 valence electrons. The summed E-state index contributed by atoms with van der Waals surface area (Å²) in [6.45, 7) is 7.32. The van der Waals surface area contributed by atoms with E-state index in [1.54, 1.807) is 31.2 Å². The van der Waals surface area contributed by atoms with Crippen LogP contribution in [0.15, 0.2) is 47.4 Å². The Balaban J connectivity index is 1.69. The minimum atomic E-state index is -3.78. The highest BCUT2D eigenvalue weighted by molar-refractivity contribution is 7.86. The predicted molar refractivity (Wildman–Crippen MR) is 94.4 cm³/mol. The molecule has 0 radical (unpaired) electrons. The number of aryl methyl sites for hydroxylation is 1. The van der Waals surface area contributed by atoms with Gasteiger partial charge in [-0.15, -0.1) is 0 Å². The van der Waals surface area contributed by atoms with Gasteiger partial charge in [-0.1, -0.05) is 23.8 Å². The van der Waals surface area contributed by atoms with Gasteiger partial charge in [-0.05, 0) is 50.1 Å². The van der Waals surface area contributed by atoms with E-state index in [4.69, 9.17) is 13.7 Å². The monoisotopic (exact) mass is 362 g/mol. The third-order valence-corrected chi connectivity index (χ3v) is 5.27. The van der Waals surface area contributed by atoms with Gasteiger partial charge in [0.05, 0.1) is 11.0 Å². The van der Waals surface area contributed by atoms with Crippen LogP contribution in [0.1, 0.15) is 31.9 Å². The third kappa shape index (κ3) is 4.14. The lowest BCUT2D eigenvalue weighted by molar-refractivity contribution is -0.0431. The fourth-order valence-corrected chi connectivity index (χ4v) is 3.82. The van der Waals surface area contributed by atoms with E-state index in [1.165, 1.54) is 0 Å². The lowest BCUT2D eigenvalue weighted by Gasteiger charge is -2.16. The first kappa shape index (κ1) is 17.8. The van der Waals surface area contributed by atoms with Crippen molar-refractivity contribution in [2.75, 3.05) is 0 Å². The maximum atomic E-state index is 12.3. The summed E-state index contributed by atoms with van der Waals surface area (Å²) in [6.07, 6.45) is -0.0537. The lowest BCUT2D eigenvalue weighted by atomic mass is 10.1. The number of rotatable bonds is 5. The molecule has 1 aliphatic heterocycles. The van der Waals surface area contributed by atoms with E-state index >= 15 is 0 Å². The highest BCUT2D eigenvalue weighted by Crippen LogP contribution is 2.39. The van der Waals surface area contributed by atoms with Crippen molar-refractivity contribution in [3.05, 3.63) is 53.6 Å². The van der Waals surface area contributed by atoms with Gasteiger partial charge >= 0.3 is 0 Å². The minimum Gasteiger partial charge on any atom is -0.449 e. The first-order chi connectivity index (χ1) is 11.6. The molecule has 0 amide bonds. The normalized spacial score (nSPS) is 16.6. The molecular weight excluding hydrogens is 340 g/mol. The Morgan fingerprint density at radius 1 is 1.04 bits per heavy atom. The molecule has 0 unspecified atom stereocenters. The van der Waals surface area contributed by atoms with E-state index in [0.717, 1.165) is 11.1 Å². The summed E-state index contributed by atoms with van der Waals surface area (Å²) in [5, 5.41) is 0. The van der Waals surface area contributed by atoms with Gasteiger partial charge in [-0.2, -0.15) is 8.42 Å². The number of benzene rings is 2. The standard InChI is InChI=1S/C19H22O5S/c1-13-5-8-16(9-6-13)25(20,21)24-14(2)11-15-7-10-17-18(12-15)23-19(3,4)22-17/h5-10,12,14H,11H2,1-4H3/t14-/m1/s1. The van der Waals surface area contributed by atoms with Crippen molar-refractivity contribution in [2.45, 2.75) is 50.9 Å². The number of ether oxygens (including phenoxy) is 2. The fraction of sp³-hybridized carbons (Fsp3) is 0.368. The zero-order valence-electron chi connectivity index (χ0n) is 14.8. The van der Waals surface area contributed by atoms with Gasteiger partial charge in [0.2, 0.25) is 5.79 Å². The van der Waals surface area contributed by atoms with Crippen LogP contribution < -0.4 is 9.47 Å². The second-order valence-electron chi connectivity index (χ2n) is 6.76. The first-order valence-corrected chi connectivity index (χ1v) is 9.56. The van der Waals surface area contributed by atoms with E-state index in [-0.39, 0.29) is 4.90 Å². The quantitative estimate of drug-likeness (QED) is 0.756. The molecule has 0 spiro atoms. The topological polar surface area (TPSA) is 61.8 Å². The van der Waals surface area contributed by atoms with E-state index in [1.807, 2.05) is 39.0 Å². The molecule has 0 fully saturated rings. The van der Waals surface area contributed by atoms with Crippen LogP contribution in [0, 0.1) is 6.92 Å². The molecule has 2 aromatic carbocycles.